The topological polar surface area (TPSA) is 58.4 Å². The third-order valence-electron chi connectivity index (χ3n) is 3.87. The highest BCUT2D eigenvalue weighted by Gasteiger charge is 2.11. The smallest absolute Gasteiger partial charge is 0.237 e. The van der Waals surface area contributed by atoms with Crippen molar-refractivity contribution in [3.63, 3.8) is 0 Å². The Morgan fingerprint density at radius 1 is 0.885 bits per heavy atom. The van der Waals surface area contributed by atoms with Crippen molar-refractivity contribution in [2.24, 2.45) is 4.99 Å². The summed E-state index contributed by atoms with van der Waals surface area (Å²) in [5.41, 5.74) is 4.07. The number of phenolic OH excluding ortho intramolecular Hbond substituents is 1. The van der Waals surface area contributed by atoms with Gasteiger partial charge in [-0.05, 0) is 67.6 Å². The lowest BCUT2D eigenvalue weighted by atomic mass is 10.1. The molecule has 0 aliphatic carbocycles. The van der Waals surface area contributed by atoms with Gasteiger partial charge in [-0.2, -0.15) is 4.99 Å². The number of hydrogen-bond donors (Lipinski definition) is 2. The molecule has 5 heteroatoms. The summed E-state index contributed by atoms with van der Waals surface area (Å²) in [7, 11) is 1.64. The molecule has 0 saturated heterocycles. The van der Waals surface area contributed by atoms with E-state index in [0.717, 1.165) is 28.5 Å². The first kappa shape index (κ1) is 19.5. The molecule has 3 N–H and O–H groups in total. The Kier molecular flexibility index (Phi) is 6.78. The number of benzene rings is 3. The van der Waals surface area contributed by atoms with Gasteiger partial charge in [-0.1, -0.05) is 17.7 Å². The van der Waals surface area contributed by atoms with E-state index >= 15 is 0 Å². The van der Waals surface area contributed by atoms with Gasteiger partial charge in [0.2, 0.25) is 5.84 Å². The van der Waals surface area contributed by atoms with Crippen LogP contribution in [0.2, 0.25) is 0 Å². The molecule has 0 radical (unpaired) electrons. The highest BCUT2D eigenvalue weighted by atomic mass is 35.5. The summed E-state index contributed by atoms with van der Waals surface area (Å²) in [6, 6.07) is 23.0. The largest absolute Gasteiger partial charge is 1.00 e. The van der Waals surface area contributed by atoms with Crippen molar-refractivity contribution in [3.8, 4) is 11.5 Å². The summed E-state index contributed by atoms with van der Waals surface area (Å²) in [6.07, 6.45) is 0. The van der Waals surface area contributed by atoms with Crippen LogP contribution < -0.4 is 22.5 Å². The van der Waals surface area contributed by atoms with Gasteiger partial charge in [0.25, 0.3) is 0 Å². The van der Waals surface area contributed by atoms with Crippen LogP contribution in [0.4, 0.5) is 11.4 Å². The Morgan fingerprint density at radius 3 is 2.08 bits per heavy atom. The number of aliphatic imine (C=N–C) groups is 1. The molecular formula is C21H21ClN2O2. The number of ether oxygens (including phenoxy) is 1. The zero-order chi connectivity index (χ0) is 17.6. The van der Waals surface area contributed by atoms with E-state index in [4.69, 9.17) is 9.73 Å². The second kappa shape index (κ2) is 9.04. The zero-order valence-corrected chi connectivity index (χ0v) is 15.4. The molecule has 0 aliphatic heterocycles. The van der Waals surface area contributed by atoms with Crippen LogP contribution in [0, 0.1) is 6.92 Å². The van der Waals surface area contributed by atoms with Crippen molar-refractivity contribution in [1.29, 1.82) is 0 Å². The number of amidine groups is 1. The Hall–Kier alpha value is -2.82. The van der Waals surface area contributed by atoms with E-state index in [1.807, 2.05) is 41.7 Å². The van der Waals surface area contributed by atoms with E-state index in [1.54, 1.807) is 19.2 Å². The second-order valence-electron chi connectivity index (χ2n) is 5.80. The van der Waals surface area contributed by atoms with Crippen LogP contribution in [0.3, 0.4) is 0 Å². The molecule has 0 atom stereocenters. The van der Waals surface area contributed by atoms with Gasteiger partial charge in [-0.3, -0.25) is 5.32 Å². The Bertz CT molecular complexity index is 858. The first-order chi connectivity index (χ1) is 12.1. The fourth-order valence-corrected chi connectivity index (χ4v) is 2.43. The number of phenols is 1. The van der Waals surface area contributed by atoms with E-state index in [9.17, 15) is 5.11 Å². The average molecular weight is 369 g/mol. The molecule has 0 unspecified atom stereocenters. The monoisotopic (exact) mass is 368 g/mol. The van der Waals surface area contributed by atoms with Gasteiger partial charge in [0.1, 0.15) is 17.2 Å². The first-order valence-electron chi connectivity index (χ1n) is 8.07. The van der Waals surface area contributed by atoms with E-state index in [2.05, 4.69) is 31.2 Å². The summed E-state index contributed by atoms with van der Waals surface area (Å²) in [5, 5.41) is 11.6. The predicted octanol–water partition coefficient (Wildman–Crippen LogP) is 0.687. The number of quaternary nitrogens is 1. The molecule has 26 heavy (non-hydrogen) atoms. The van der Waals surface area contributed by atoms with Crippen LogP contribution in [-0.4, -0.2) is 18.1 Å². The summed E-state index contributed by atoms with van der Waals surface area (Å²) in [5.74, 6) is 1.87. The number of rotatable bonds is 4. The number of aryl methyl sites for hydroxylation is 1. The van der Waals surface area contributed by atoms with Crippen LogP contribution in [0.15, 0.2) is 77.8 Å². The molecule has 0 saturated carbocycles. The van der Waals surface area contributed by atoms with Gasteiger partial charge in [-0.15, -0.1) is 0 Å². The molecule has 0 aromatic heterocycles. The third-order valence-corrected chi connectivity index (χ3v) is 3.87. The molecule has 4 nitrogen and oxygen atoms in total. The van der Waals surface area contributed by atoms with Gasteiger partial charge >= 0.3 is 0 Å². The molecular weight excluding hydrogens is 348 g/mol. The van der Waals surface area contributed by atoms with Crippen LogP contribution in [0.5, 0.6) is 11.5 Å². The average Bonchev–Trinajstić information content (AvgIpc) is 2.64. The van der Waals surface area contributed by atoms with Crippen molar-refractivity contribution in [2.45, 2.75) is 6.92 Å². The van der Waals surface area contributed by atoms with Crippen LogP contribution >= 0.6 is 0 Å². The van der Waals surface area contributed by atoms with E-state index in [-0.39, 0.29) is 18.2 Å². The van der Waals surface area contributed by atoms with Crippen LogP contribution in [-0.2, 0) is 0 Å². The van der Waals surface area contributed by atoms with E-state index in [0.29, 0.717) is 0 Å². The normalized spacial score (nSPS) is 10.9. The van der Waals surface area contributed by atoms with Crippen molar-refractivity contribution < 1.29 is 27.6 Å². The highest BCUT2D eigenvalue weighted by Crippen LogP contribution is 2.19. The van der Waals surface area contributed by atoms with E-state index < -0.39 is 0 Å². The standard InChI is InChI=1S/C21H20N2O2.ClH/c1-15-3-7-17(8-4-15)22-21(16-5-11-19(24)12-6-16)23-18-9-13-20(25-2)14-10-18;/h3-14,24H,1-2H3,(H,22,23);1H. The van der Waals surface area contributed by atoms with Crippen LogP contribution in [0.1, 0.15) is 11.1 Å². The number of aromatic hydroxyl groups is 1. The van der Waals surface area contributed by atoms with Crippen molar-refractivity contribution >= 4 is 17.2 Å². The molecule has 0 bridgehead atoms. The van der Waals surface area contributed by atoms with E-state index in [1.165, 1.54) is 5.56 Å². The summed E-state index contributed by atoms with van der Waals surface area (Å²) >= 11 is 0. The molecule has 134 valence electrons. The molecule has 3 aromatic carbocycles. The molecule has 0 aliphatic rings. The maximum absolute atomic E-state index is 9.54. The number of nitrogens with two attached hydrogens (primary N) is 1. The molecule has 0 fully saturated rings. The quantitative estimate of drug-likeness (QED) is 0.404. The van der Waals surface area contributed by atoms with Gasteiger partial charge in [0.05, 0.1) is 18.4 Å². The van der Waals surface area contributed by atoms with Gasteiger partial charge in [0.15, 0.2) is 0 Å². The SMILES string of the molecule is COc1ccc(N=C([NH2+]c2ccc(C)cc2)c2ccc(O)cc2)cc1.[Cl-]. The van der Waals surface area contributed by atoms with Gasteiger partial charge in [0, 0.05) is 0 Å². The maximum Gasteiger partial charge on any atom is 0.237 e. The summed E-state index contributed by atoms with van der Waals surface area (Å²) < 4.78 is 5.19. The predicted molar refractivity (Wildman–Crippen MR) is 100 cm³/mol. The zero-order valence-electron chi connectivity index (χ0n) is 14.7. The lowest BCUT2D eigenvalue weighted by Crippen LogP contribution is -3.00. The number of methoxy groups -OCH3 is 1. The minimum Gasteiger partial charge on any atom is -1.00 e. The minimum absolute atomic E-state index is 0. The number of halogens is 1. The lowest BCUT2D eigenvalue weighted by Gasteiger charge is -2.06. The minimum atomic E-state index is 0. The van der Waals surface area contributed by atoms with Crippen molar-refractivity contribution in [1.82, 2.24) is 0 Å². The lowest BCUT2D eigenvalue weighted by molar-refractivity contribution is -0.442. The van der Waals surface area contributed by atoms with Crippen molar-refractivity contribution in [2.75, 3.05) is 7.11 Å². The Balaban J connectivity index is 0.00000243. The first-order valence-corrected chi connectivity index (χ1v) is 8.07. The number of hydrogen-bond acceptors (Lipinski definition) is 3. The Labute approximate surface area is 159 Å². The number of nitrogens with zero attached hydrogens (tertiary/aromatic N) is 1. The third kappa shape index (κ3) is 5.09. The Morgan fingerprint density at radius 2 is 1.50 bits per heavy atom. The fraction of sp³-hybridized carbons (Fsp3) is 0.0952. The maximum atomic E-state index is 9.54. The fourth-order valence-electron chi connectivity index (χ4n) is 2.43. The highest BCUT2D eigenvalue weighted by molar-refractivity contribution is 5.94. The molecule has 0 heterocycles. The summed E-state index contributed by atoms with van der Waals surface area (Å²) in [6.45, 7) is 2.07. The molecule has 0 amide bonds. The summed E-state index contributed by atoms with van der Waals surface area (Å²) in [4.78, 5) is 4.78. The van der Waals surface area contributed by atoms with Crippen molar-refractivity contribution in [3.05, 3.63) is 83.9 Å². The molecule has 3 aromatic rings. The van der Waals surface area contributed by atoms with Gasteiger partial charge in [-0.25, -0.2) is 0 Å². The molecule has 0 spiro atoms. The second-order valence-corrected chi connectivity index (χ2v) is 5.80. The van der Waals surface area contributed by atoms with Gasteiger partial charge < -0.3 is 22.3 Å². The van der Waals surface area contributed by atoms with Crippen LogP contribution in [0.25, 0.3) is 0 Å². The molecule has 3 rings (SSSR count).